The van der Waals surface area contributed by atoms with Crippen molar-refractivity contribution in [1.82, 2.24) is 0 Å². The first-order valence-electron chi connectivity index (χ1n) is 5.84. The molecule has 19 heavy (non-hydrogen) atoms. The molecule has 0 aromatic heterocycles. The fourth-order valence-corrected chi connectivity index (χ4v) is 2.41. The molecule has 2 N–H and O–H groups in total. The van der Waals surface area contributed by atoms with Crippen LogP contribution in [0, 0.1) is 18.6 Å². The molecule has 2 aromatic rings. The van der Waals surface area contributed by atoms with E-state index in [1.165, 1.54) is 19.1 Å². The van der Waals surface area contributed by atoms with Gasteiger partial charge in [-0.05, 0) is 31.0 Å². The van der Waals surface area contributed by atoms with Crippen LogP contribution in [0.1, 0.15) is 23.6 Å². The van der Waals surface area contributed by atoms with Gasteiger partial charge in [0.25, 0.3) is 0 Å². The van der Waals surface area contributed by atoms with E-state index in [2.05, 4.69) is 0 Å². The first-order chi connectivity index (χ1) is 8.85. The van der Waals surface area contributed by atoms with Gasteiger partial charge >= 0.3 is 0 Å². The monoisotopic (exact) mass is 281 g/mol. The molecular formula is C15H14ClF2N. The molecule has 0 bridgehead atoms. The normalized spacial score (nSPS) is 14.2. The molecule has 1 nitrogen and oxygen atoms in total. The van der Waals surface area contributed by atoms with Gasteiger partial charge in [0.15, 0.2) is 11.6 Å². The highest BCUT2D eigenvalue weighted by Crippen LogP contribution is 2.34. The van der Waals surface area contributed by atoms with E-state index in [9.17, 15) is 8.78 Å². The second-order valence-electron chi connectivity index (χ2n) is 4.74. The van der Waals surface area contributed by atoms with Gasteiger partial charge in [-0.1, -0.05) is 41.9 Å². The van der Waals surface area contributed by atoms with Crippen molar-refractivity contribution >= 4 is 11.6 Å². The first kappa shape index (κ1) is 14.0. The summed E-state index contributed by atoms with van der Waals surface area (Å²) in [7, 11) is 0. The number of hydrogen-bond acceptors (Lipinski definition) is 1. The maximum atomic E-state index is 14.1. The van der Waals surface area contributed by atoms with Gasteiger partial charge in [-0.3, -0.25) is 0 Å². The molecule has 0 aliphatic carbocycles. The molecule has 0 saturated carbocycles. The molecule has 0 heterocycles. The number of benzene rings is 2. The Labute approximate surface area is 116 Å². The molecule has 0 spiro atoms. The van der Waals surface area contributed by atoms with E-state index in [4.69, 9.17) is 17.3 Å². The van der Waals surface area contributed by atoms with Crippen LogP contribution in [0.25, 0.3) is 0 Å². The Morgan fingerprint density at radius 3 is 2.26 bits per heavy atom. The number of rotatable bonds is 2. The second kappa shape index (κ2) is 4.91. The molecule has 0 aliphatic heterocycles. The van der Waals surface area contributed by atoms with Gasteiger partial charge in [-0.15, -0.1) is 0 Å². The minimum absolute atomic E-state index is 0.0868. The van der Waals surface area contributed by atoms with E-state index in [-0.39, 0.29) is 11.1 Å². The Hall–Kier alpha value is -1.45. The molecule has 0 radical (unpaired) electrons. The molecule has 100 valence electrons. The van der Waals surface area contributed by atoms with Crippen molar-refractivity contribution in [3.05, 3.63) is 69.7 Å². The van der Waals surface area contributed by atoms with E-state index in [1.807, 2.05) is 0 Å². The summed E-state index contributed by atoms with van der Waals surface area (Å²) in [5.41, 5.74) is 5.88. The van der Waals surface area contributed by atoms with Crippen molar-refractivity contribution in [1.29, 1.82) is 0 Å². The summed E-state index contributed by atoms with van der Waals surface area (Å²) in [4.78, 5) is 0. The third-order valence-electron chi connectivity index (χ3n) is 3.27. The molecular weight excluding hydrogens is 268 g/mol. The lowest BCUT2D eigenvalue weighted by atomic mass is 9.85. The summed E-state index contributed by atoms with van der Waals surface area (Å²) in [5, 5.41) is 0.424. The third-order valence-corrected chi connectivity index (χ3v) is 3.60. The summed E-state index contributed by atoms with van der Waals surface area (Å²) in [6.07, 6.45) is 0. The maximum Gasteiger partial charge on any atom is 0.164 e. The van der Waals surface area contributed by atoms with Crippen LogP contribution in [0.2, 0.25) is 5.02 Å². The first-order valence-corrected chi connectivity index (χ1v) is 6.22. The Bertz CT molecular complexity index is 624. The zero-order chi connectivity index (χ0) is 14.2. The van der Waals surface area contributed by atoms with Crippen molar-refractivity contribution in [2.45, 2.75) is 19.4 Å². The van der Waals surface area contributed by atoms with Crippen LogP contribution in [0.4, 0.5) is 8.78 Å². The summed E-state index contributed by atoms with van der Waals surface area (Å²) >= 11 is 6.09. The lowest BCUT2D eigenvalue weighted by Gasteiger charge is -2.27. The van der Waals surface area contributed by atoms with Gasteiger partial charge in [0.1, 0.15) is 0 Å². The highest BCUT2D eigenvalue weighted by Gasteiger charge is 2.30. The molecule has 2 aromatic carbocycles. The second-order valence-corrected chi connectivity index (χ2v) is 5.15. The highest BCUT2D eigenvalue weighted by molar-refractivity contribution is 6.31. The summed E-state index contributed by atoms with van der Waals surface area (Å²) < 4.78 is 27.8. The minimum atomic E-state index is -1.20. The maximum absolute atomic E-state index is 14.1. The van der Waals surface area contributed by atoms with Crippen LogP contribution < -0.4 is 5.73 Å². The van der Waals surface area contributed by atoms with Crippen LogP contribution in [-0.4, -0.2) is 0 Å². The van der Waals surface area contributed by atoms with Gasteiger partial charge in [-0.25, -0.2) is 8.78 Å². The van der Waals surface area contributed by atoms with Gasteiger partial charge in [0.05, 0.1) is 5.54 Å². The highest BCUT2D eigenvalue weighted by atomic mass is 35.5. The van der Waals surface area contributed by atoms with Gasteiger partial charge < -0.3 is 5.73 Å². The minimum Gasteiger partial charge on any atom is -0.318 e. The van der Waals surface area contributed by atoms with Crippen LogP contribution >= 0.6 is 11.6 Å². The van der Waals surface area contributed by atoms with Crippen LogP contribution in [0.3, 0.4) is 0 Å². The quantitative estimate of drug-likeness (QED) is 0.879. The number of aryl methyl sites for hydroxylation is 1. The summed E-state index contributed by atoms with van der Waals surface area (Å²) in [6.45, 7) is 3.12. The lowest BCUT2D eigenvalue weighted by Crippen LogP contribution is -2.36. The predicted octanol–water partition coefficient (Wildman–Crippen LogP) is 4.15. The van der Waals surface area contributed by atoms with Crippen LogP contribution in [0.5, 0.6) is 0 Å². The molecule has 1 unspecified atom stereocenters. The average molecular weight is 282 g/mol. The van der Waals surface area contributed by atoms with Gasteiger partial charge in [0.2, 0.25) is 0 Å². The van der Waals surface area contributed by atoms with Crippen molar-refractivity contribution < 1.29 is 8.78 Å². The van der Waals surface area contributed by atoms with Gasteiger partial charge in [0, 0.05) is 10.6 Å². The van der Waals surface area contributed by atoms with Crippen molar-refractivity contribution in [3.8, 4) is 0 Å². The topological polar surface area (TPSA) is 26.0 Å². The smallest absolute Gasteiger partial charge is 0.164 e. The number of halogens is 3. The largest absolute Gasteiger partial charge is 0.318 e. The van der Waals surface area contributed by atoms with E-state index in [0.717, 1.165) is 0 Å². The van der Waals surface area contributed by atoms with Crippen molar-refractivity contribution in [2.75, 3.05) is 0 Å². The van der Waals surface area contributed by atoms with E-state index in [0.29, 0.717) is 10.6 Å². The van der Waals surface area contributed by atoms with E-state index < -0.39 is 17.2 Å². The summed E-state index contributed by atoms with van der Waals surface area (Å²) in [5.74, 6) is -1.80. The van der Waals surface area contributed by atoms with E-state index >= 15 is 0 Å². The molecule has 0 fully saturated rings. The van der Waals surface area contributed by atoms with Crippen LogP contribution in [-0.2, 0) is 5.54 Å². The van der Waals surface area contributed by atoms with E-state index in [1.54, 1.807) is 31.2 Å². The Kier molecular flexibility index (Phi) is 3.61. The lowest BCUT2D eigenvalue weighted by molar-refractivity contribution is 0.465. The SMILES string of the molecule is Cc1ccc(C(C)(N)c2ccccc2Cl)c(F)c1F. The van der Waals surface area contributed by atoms with Crippen molar-refractivity contribution in [3.63, 3.8) is 0 Å². The Morgan fingerprint density at radius 1 is 1.00 bits per heavy atom. The zero-order valence-corrected chi connectivity index (χ0v) is 11.4. The average Bonchev–Trinajstić information content (AvgIpc) is 2.36. The molecule has 2 rings (SSSR count). The zero-order valence-electron chi connectivity index (χ0n) is 10.7. The van der Waals surface area contributed by atoms with Crippen molar-refractivity contribution in [2.24, 2.45) is 5.73 Å². The standard InChI is InChI=1S/C15H14ClF2N/c1-9-7-8-11(14(18)13(9)17)15(2,19)10-5-3-4-6-12(10)16/h3-8H,19H2,1-2H3. The predicted molar refractivity (Wildman–Crippen MR) is 73.2 cm³/mol. The van der Waals surface area contributed by atoms with Crippen LogP contribution in [0.15, 0.2) is 36.4 Å². The molecule has 0 amide bonds. The summed E-state index contributed by atoms with van der Waals surface area (Å²) in [6, 6.07) is 9.90. The molecule has 1 atom stereocenters. The fraction of sp³-hybridized carbons (Fsp3) is 0.200. The fourth-order valence-electron chi connectivity index (χ4n) is 2.07. The third kappa shape index (κ3) is 2.36. The molecule has 4 heteroatoms. The molecule has 0 aliphatic rings. The van der Waals surface area contributed by atoms with Gasteiger partial charge in [-0.2, -0.15) is 0 Å². The Balaban J connectivity index is 2.64. The number of nitrogens with two attached hydrogens (primary N) is 1. The molecule has 0 saturated heterocycles. The Morgan fingerprint density at radius 2 is 1.63 bits per heavy atom. The number of hydrogen-bond donors (Lipinski definition) is 1.